The average Bonchev–Trinajstić information content (AvgIpc) is 2.45. The summed E-state index contributed by atoms with van der Waals surface area (Å²) in [6.07, 6.45) is 17.8. The average molecular weight is 249 g/mol. The SMILES string of the molecule is CCC1CCCC(NC2CCC23CCCCC3)C1. The maximum atomic E-state index is 4.08. The Bertz CT molecular complexity index is 267. The van der Waals surface area contributed by atoms with Crippen LogP contribution in [0.1, 0.15) is 84.0 Å². The molecule has 0 amide bonds. The highest BCUT2D eigenvalue weighted by Gasteiger charge is 2.47. The van der Waals surface area contributed by atoms with Crippen molar-refractivity contribution >= 4 is 0 Å². The first kappa shape index (κ1) is 13.0. The topological polar surface area (TPSA) is 12.0 Å². The van der Waals surface area contributed by atoms with E-state index in [0.717, 1.165) is 23.4 Å². The van der Waals surface area contributed by atoms with Crippen LogP contribution in [-0.2, 0) is 0 Å². The molecular formula is C17H31N. The van der Waals surface area contributed by atoms with Crippen LogP contribution in [0.3, 0.4) is 0 Å². The molecule has 1 heteroatoms. The van der Waals surface area contributed by atoms with Crippen molar-refractivity contribution in [3.05, 3.63) is 0 Å². The fourth-order valence-corrected chi connectivity index (χ4v) is 4.91. The third-order valence-corrected chi connectivity index (χ3v) is 6.32. The van der Waals surface area contributed by atoms with Gasteiger partial charge in [-0.2, -0.15) is 0 Å². The van der Waals surface area contributed by atoms with Gasteiger partial charge in [0.25, 0.3) is 0 Å². The highest BCUT2D eigenvalue weighted by atomic mass is 15.0. The summed E-state index contributed by atoms with van der Waals surface area (Å²) in [4.78, 5) is 0. The lowest BCUT2D eigenvalue weighted by molar-refractivity contribution is 0.0116. The third kappa shape index (κ3) is 2.48. The Labute approximate surface area is 113 Å². The molecule has 3 unspecified atom stereocenters. The van der Waals surface area contributed by atoms with Gasteiger partial charge in [0, 0.05) is 12.1 Å². The Morgan fingerprint density at radius 2 is 1.78 bits per heavy atom. The second-order valence-corrected chi connectivity index (χ2v) is 7.32. The predicted octanol–water partition coefficient (Wildman–Crippen LogP) is 4.66. The molecule has 104 valence electrons. The largest absolute Gasteiger partial charge is 0.311 e. The van der Waals surface area contributed by atoms with E-state index in [0.29, 0.717) is 0 Å². The molecule has 1 spiro atoms. The van der Waals surface area contributed by atoms with E-state index in [2.05, 4.69) is 12.2 Å². The van der Waals surface area contributed by atoms with Crippen molar-refractivity contribution in [2.75, 3.05) is 0 Å². The highest BCUT2D eigenvalue weighted by molar-refractivity contribution is 5.02. The predicted molar refractivity (Wildman–Crippen MR) is 77.7 cm³/mol. The Balaban J connectivity index is 1.53. The van der Waals surface area contributed by atoms with Crippen molar-refractivity contribution in [2.45, 2.75) is 96.1 Å². The molecule has 3 rings (SSSR count). The quantitative estimate of drug-likeness (QED) is 0.767. The zero-order valence-corrected chi connectivity index (χ0v) is 12.2. The molecule has 18 heavy (non-hydrogen) atoms. The lowest BCUT2D eigenvalue weighted by atomic mass is 9.57. The monoisotopic (exact) mass is 249 g/mol. The zero-order valence-electron chi connectivity index (χ0n) is 12.2. The summed E-state index contributed by atoms with van der Waals surface area (Å²) in [7, 11) is 0. The van der Waals surface area contributed by atoms with Gasteiger partial charge in [0.15, 0.2) is 0 Å². The summed E-state index contributed by atoms with van der Waals surface area (Å²) in [6, 6.07) is 1.74. The second kappa shape index (κ2) is 5.53. The van der Waals surface area contributed by atoms with Gasteiger partial charge in [0.1, 0.15) is 0 Å². The van der Waals surface area contributed by atoms with Gasteiger partial charge in [-0.25, -0.2) is 0 Å². The van der Waals surface area contributed by atoms with Gasteiger partial charge in [-0.3, -0.25) is 0 Å². The van der Waals surface area contributed by atoms with Gasteiger partial charge in [-0.15, -0.1) is 0 Å². The number of hydrogen-bond acceptors (Lipinski definition) is 1. The molecule has 0 radical (unpaired) electrons. The van der Waals surface area contributed by atoms with E-state index in [4.69, 9.17) is 0 Å². The minimum absolute atomic E-state index is 0.747. The number of hydrogen-bond donors (Lipinski definition) is 1. The number of nitrogens with one attached hydrogen (secondary N) is 1. The summed E-state index contributed by atoms with van der Waals surface area (Å²) in [5.74, 6) is 1.01. The smallest absolute Gasteiger partial charge is 0.0126 e. The molecular weight excluding hydrogens is 218 g/mol. The number of rotatable bonds is 3. The van der Waals surface area contributed by atoms with Crippen molar-refractivity contribution in [2.24, 2.45) is 11.3 Å². The lowest BCUT2D eigenvalue weighted by Gasteiger charge is -2.54. The zero-order chi connectivity index (χ0) is 12.4. The molecule has 3 aliphatic carbocycles. The van der Waals surface area contributed by atoms with Gasteiger partial charge in [0.05, 0.1) is 0 Å². The maximum Gasteiger partial charge on any atom is 0.0126 e. The second-order valence-electron chi connectivity index (χ2n) is 7.32. The molecule has 0 aromatic heterocycles. The van der Waals surface area contributed by atoms with Crippen molar-refractivity contribution in [3.8, 4) is 0 Å². The molecule has 1 N–H and O–H groups in total. The standard InChI is InChI=1S/C17H31N/c1-2-14-7-6-8-15(13-14)18-16-9-12-17(16)10-4-3-5-11-17/h14-16,18H,2-13H2,1H3. The summed E-state index contributed by atoms with van der Waals surface area (Å²) in [6.45, 7) is 2.37. The highest BCUT2D eigenvalue weighted by Crippen LogP contribution is 2.52. The van der Waals surface area contributed by atoms with Gasteiger partial charge in [-0.1, -0.05) is 45.4 Å². The molecule has 0 heterocycles. The molecule has 0 aromatic rings. The summed E-state index contributed by atoms with van der Waals surface area (Å²) >= 11 is 0. The van der Waals surface area contributed by atoms with Gasteiger partial charge < -0.3 is 5.32 Å². The van der Waals surface area contributed by atoms with Crippen LogP contribution >= 0.6 is 0 Å². The van der Waals surface area contributed by atoms with Gasteiger partial charge >= 0.3 is 0 Å². The fraction of sp³-hybridized carbons (Fsp3) is 1.00. The lowest BCUT2D eigenvalue weighted by Crippen LogP contribution is -2.57. The minimum atomic E-state index is 0.747. The Morgan fingerprint density at radius 3 is 2.44 bits per heavy atom. The molecule has 3 aliphatic rings. The van der Waals surface area contributed by atoms with E-state index >= 15 is 0 Å². The molecule has 3 saturated carbocycles. The van der Waals surface area contributed by atoms with E-state index in [-0.39, 0.29) is 0 Å². The summed E-state index contributed by atoms with van der Waals surface area (Å²) < 4.78 is 0. The maximum absolute atomic E-state index is 4.08. The first-order valence-electron chi connectivity index (χ1n) is 8.58. The van der Waals surface area contributed by atoms with Crippen LogP contribution < -0.4 is 5.32 Å². The fourth-order valence-electron chi connectivity index (χ4n) is 4.91. The van der Waals surface area contributed by atoms with Crippen LogP contribution in [0.25, 0.3) is 0 Å². The molecule has 0 aliphatic heterocycles. The minimum Gasteiger partial charge on any atom is -0.311 e. The van der Waals surface area contributed by atoms with Gasteiger partial charge in [0.2, 0.25) is 0 Å². The van der Waals surface area contributed by atoms with Crippen molar-refractivity contribution < 1.29 is 0 Å². The van der Waals surface area contributed by atoms with E-state index < -0.39 is 0 Å². The Hall–Kier alpha value is -0.0400. The normalized spacial score (nSPS) is 39.5. The van der Waals surface area contributed by atoms with Crippen LogP contribution in [0.5, 0.6) is 0 Å². The van der Waals surface area contributed by atoms with Crippen LogP contribution in [0, 0.1) is 11.3 Å². The van der Waals surface area contributed by atoms with Crippen molar-refractivity contribution in [1.82, 2.24) is 5.32 Å². The molecule has 0 bridgehead atoms. The van der Waals surface area contributed by atoms with E-state index in [1.54, 1.807) is 0 Å². The molecule has 1 nitrogen and oxygen atoms in total. The molecule has 3 atom stereocenters. The first-order chi connectivity index (χ1) is 8.82. The Kier molecular flexibility index (Phi) is 3.98. The molecule has 0 aromatic carbocycles. The first-order valence-corrected chi connectivity index (χ1v) is 8.58. The van der Waals surface area contributed by atoms with E-state index in [1.165, 1.54) is 77.0 Å². The third-order valence-electron chi connectivity index (χ3n) is 6.32. The van der Waals surface area contributed by atoms with Crippen LogP contribution in [-0.4, -0.2) is 12.1 Å². The van der Waals surface area contributed by atoms with Crippen molar-refractivity contribution in [3.63, 3.8) is 0 Å². The molecule has 3 fully saturated rings. The van der Waals surface area contributed by atoms with E-state index in [1.807, 2.05) is 0 Å². The Morgan fingerprint density at radius 1 is 0.944 bits per heavy atom. The van der Waals surface area contributed by atoms with Gasteiger partial charge in [-0.05, 0) is 49.9 Å². The van der Waals surface area contributed by atoms with Crippen LogP contribution in [0.2, 0.25) is 0 Å². The van der Waals surface area contributed by atoms with Crippen molar-refractivity contribution in [1.29, 1.82) is 0 Å². The summed E-state index contributed by atoms with van der Waals surface area (Å²) in [5.41, 5.74) is 0.747. The molecule has 0 saturated heterocycles. The van der Waals surface area contributed by atoms with Crippen LogP contribution in [0.4, 0.5) is 0 Å². The van der Waals surface area contributed by atoms with E-state index in [9.17, 15) is 0 Å². The summed E-state index contributed by atoms with van der Waals surface area (Å²) in [5, 5.41) is 4.08. The van der Waals surface area contributed by atoms with Crippen LogP contribution in [0.15, 0.2) is 0 Å².